The van der Waals surface area contributed by atoms with Crippen LogP contribution < -0.4 is 16.4 Å². The lowest BCUT2D eigenvalue weighted by Crippen LogP contribution is -2.53. The summed E-state index contributed by atoms with van der Waals surface area (Å²) in [6.07, 6.45) is 0.190. The van der Waals surface area contributed by atoms with Crippen LogP contribution in [0.4, 0.5) is 10.1 Å². The van der Waals surface area contributed by atoms with E-state index < -0.39 is 46.2 Å². The van der Waals surface area contributed by atoms with Gasteiger partial charge in [0.15, 0.2) is 0 Å². The third kappa shape index (κ3) is 7.00. The van der Waals surface area contributed by atoms with Crippen molar-refractivity contribution in [1.29, 1.82) is 0 Å². The van der Waals surface area contributed by atoms with E-state index in [0.29, 0.717) is 6.42 Å². The van der Waals surface area contributed by atoms with Crippen LogP contribution in [0.2, 0.25) is 0 Å². The number of carbonyl (C=O) groups excluding carboxylic acids is 3. The smallest absolute Gasteiger partial charge is 0.305 e. The fourth-order valence-electron chi connectivity index (χ4n) is 2.50. The quantitative estimate of drug-likeness (QED) is 0.427. The summed E-state index contributed by atoms with van der Waals surface area (Å²) in [6.45, 7) is 5.00. The summed E-state index contributed by atoms with van der Waals surface area (Å²) in [5.41, 5.74) is 4.83. The summed E-state index contributed by atoms with van der Waals surface area (Å²) in [7, 11) is 0. The fraction of sp³-hybridized carbons (Fsp3) is 0.471. The number of halogens is 1. The lowest BCUT2D eigenvalue weighted by molar-refractivity contribution is -0.387. The van der Waals surface area contributed by atoms with Gasteiger partial charge in [0.05, 0.1) is 4.92 Å². The van der Waals surface area contributed by atoms with Crippen LogP contribution in [0, 0.1) is 21.8 Å². The molecule has 2 atom stereocenters. The number of primary amides is 1. The van der Waals surface area contributed by atoms with Gasteiger partial charge in [-0.05, 0) is 24.0 Å². The summed E-state index contributed by atoms with van der Waals surface area (Å²) >= 11 is 0. The molecule has 9 nitrogen and oxygen atoms in total. The molecule has 148 valence electrons. The highest BCUT2D eigenvalue weighted by Crippen LogP contribution is 2.19. The van der Waals surface area contributed by atoms with Gasteiger partial charge < -0.3 is 16.4 Å². The van der Waals surface area contributed by atoms with Gasteiger partial charge in [-0.3, -0.25) is 24.5 Å². The highest BCUT2D eigenvalue weighted by molar-refractivity contribution is 5.91. The first kappa shape index (κ1) is 22.0. The maximum atomic E-state index is 13.4. The predicted octanol–water partition coefficient (Wildman–Crippen LogP) is 0.797. The van der Waals surface area contributed by atoms with Crippen molar-refractivity contribution in [3.05, 3.63) is 39.7 Å². The van der Waals surface area contributed by atoms with Gasteiger partial charge in [-0.1, -0.05) is 19.9 Å². The molecule has 0 aromatic heterocycles. The number of nitrogens with zero attached hydrogens (tertiary/aromatic N) is 1. The third-order valence-corrected chi connectivity index (χ3v) is 3.71. The van der Waals surface area contributed by atoms with E-state index in [-0.39, 0.29) is 17.9 Å². The van der Waals surface area contributed by atoms with Gasteiger partial charge in [0.2, 0.25) is 23.5 Å². The molecule has 0 fully saturated rings. The molecule has 0 radical (unpaired) electrons. The standard InChI is InChI=1S/C17H23FN4O5/c1-9(2)6-14(20-10(3)23)17(25)21-13(16(19)24)7-11-4-5-12(18)15(8-11)22(26)27/h4-5,8-9,13-14H,6-7H2,1-3H3,(H2,19,24)(H,20,23)(H,21,25)/t13-,14+/m1/s1. The van der Waals surface area contributed by atoms with E-state index in [4.69, 9.17) is 5.73 Å². The molecule has 0 saturated heterocycles. The molecule has 4 N–H and O–H groups in total. The van der Waals surface area contributed by atoms with Gasteiger partial charge in [0, 0.05) is 19.4 Å². The molecule has 0 bridgehead atoms. The van der Waals surface area contributed by atoms with Crippen molar-refractivity contribution in [2.75, 3.05) is 0 Å². The van der Waals surface area contributed by atoms with Gasteiger partial charge in [0.1, 0.15) is 12.1 Å². The molecule has 0 unspecified atom stereocenters. The molecule has 1 aromatic rings. The second kappa shape index (κ2) is 9.60. The van der Waals surface area contributed by atoms with E-state index in [1.807, 2.05) is 13.8 Å². The summed E-state index contributed by atoms with van der Waals surface area (Å²) in [6, 6.07) is 1.13. The molecular formula is C17H23FN4O5. The monoisotopic (exact) mass is 382 g/mol. The number of amides is 3. The van der Waals surface area contributed by atoms with Gasteiger partial charge in [-0.15, -0.1) is 0 Å². The first-order valence-electron chi connectivity index (χ1n) is 8.30. The van der Waals surface area contributed by atoms with Crippen LogP contribution in [0.15, 0.2) is 18.2 Å². The fourth-order valence-corrected chi connectivity index (χ4v) is 2.50. The molecule has 0 saturated carbocycles. The van der Waals surface area contributed by atoms with E-state index in [9.17, 15) is 28.9 Å². The zero-order valence-electron chi connectivity index (χ0n) is 15.3. The average molecular weight is 382 g/mol. The number of hydrogen-bond acceptors (Lipinski definition) is 5. The Balaban J connectivity index is 2.97. The minimum Gasteiger partial charge on any atom is -0.368 e. The predicted molar refractivity (Wildman–Crippen MR) is 94.9 cm³/mol. The summed E-state index contributed by atoms with van der Waals surface area (Å²) in [5, 5.41) is 15.8. The summed E-state index contributed by atoms with van der Waals surface area (Å²) in [5.74, 6) is -2.77. The first-order valence-corrected chi connectivity index (χ1v) is 8.30. The van der Waals surface area contributed by atoms with E-state index >= 15 is 0 Å². The normalized spacial score (nSPS) is 12.9. The summed E-state index contributed by atoms with van der Waals surface area (Å²) in [4.78, 5) is 45.4. The molecule has 1 rings (SSSR count). The lowest BCUT2D eigenvalue weighted by Gasteiger charge is -2.22. The minimum absolute atomic E-state index is 0.0966. The van der Waals surface area contributed by atoms with Crippen LogP contribution in [-0.4, -0.2) is 34.7 Å². The van der Waals surface area contributed by atoms with Gasteiger partial charge >= 0.3 is 5.69 Å². The minimum atomic E-state index is -1.18. The van der Waals surface area contributed by atoms with Crippen molar-refractivity contribution in [2.45, 2.75) is 45.7 Å². The largest absolute Gasteiger partial charge is 0.368 e. The van der Waals surface area contributed by atoms with Crippen LogP contribution >= 0.6 is 0 Å². The van der Waals surface area contributed by atoms with Crippen molar-refractivity contribution in [3.63, 3.8) is 0 Å². The Morgan fingerprint density at radius 1 is 1.22 bits per heavy atom. The Bertz CT molecular complexity index is 738. The number of nitrogens with one attached hydrogen (secondary N) is 2. The lowest BCUT2D eigenvalue weighted by atomic mass is 10.0. The molecule has 1 aromatic carbocycles. The number of nitro benzene ring substituents is 1. The second-order valence-corrected chi connectivity index (χ2v) is 6.59. The maximum Gasteiger partial charge on any atom is 0.305 e. The van der Waals surface area contributed by atoms with Crippen LogP contribution in [0.1, 0.15) is 32.8 Å². The maximum absolute atomic E-state index is 13.4. The summed E-state index contributed by atoms with van der Waals surface area (Å²) < 4.78 is 13.4. The van der Waals surface area contributed by atoms with Crippen molar-refractivity contribution < 1.29 is 23.7 Å². The Hall–Kier alpha value is -3.04. The zero-order chi connectivity index (χ0) is 20.7. The number of carbonyl (C=O) groups is 3. The molecule has 0 aliphatic heterocycles. The van der Waals surface area contributed by atoms with Crippen LogP contribution in [0.3, 0.4) is 0 Å². The Morgan fingerprint density at radius 3 is 2.33 bits per heavy atom. The molecule has 27 heavy (non-hydrogen) atoms. The zero-order valence-corrected chi connectivity index (χ0v) is 15.3. The van der Waals surface area contributed by atoms with Crippen molar-refractivity contribution >= 4 is 23.4 Å². The van der Waals surface area contributed by atoms with Crippen molar-refractivity contribution in [1.82, 2.24) is 10.6 Å². The Kier molecular flexibility index (Phi) is 7.82. The molecule has 0 spiro atoms. The number of rotatable bonds is 9. The third-order valence-electron chi connectivity index (χ3n) is 3.71. The number of hydrogen-bond donors (Lipinski definition) is 3. The van der Waals surface area contributed by atoms with E-state index in [1.165, 1.54) is 13.0 Å². The molecule has 0 aliphatic carbocycles. The molecule has 0 aliphatic rings. The number of benzene rings is 1. The second-order valence-electron chi connectivity index (χ2n) is 6.59. The highest BCUT2D eigenvalue weighted by atomic mass is 19.1. The van der Waals surface area contributed by atoms with Gasteiger partial charge in [-0.2, -0.15) is 4.39 Å². The van der Waals surface area contributed by atoms with Crippen LogP contribution in [0.25, 0.3) is 0 Å². The molecular weight excluding hydrogens is 359 g/mol. The number of nitrogens with two attached hydrogens (primary N) is 1. The van der Waals surface area contributed by atoms with E-state index in [0.717, 1.165) is 12.1 Å². The average Bonchev–Trinajstić information content (AvgIpc) is 2.53. The van der Waals surface area contributed by atoms with Crippen LogP contribution in [-0.2, 0) is 20.8 Å². The molecule has 0 heterocycles. The highest BCUT2D eigenvalue weighted by Gasteiger charge is 2.26. The van der Waals surface area contributed by atoms with Gasteiger partial charge in [0.25, 0.3) is 0 Å². The SMILES string of the molecule is CC(=O)N[C@@H](CC(C)C)C(=O)N[C@H](Cc1ccc(F)c([N+](=O)[O-])c1)C(N)=O. The molecule has 3 amide bonds. The Labute approximate surface area is 155 Å². The van der Waals surface area contributed by atoms with Crippen molar-refractivity contribution in [2.24, 2.45) is 11.7 Å². The first-order chi connectivity index (χ1) is 12.5. The topological polar surface area (TPSA) is 144 Å². The molecule has 10 heteroatoms. The van der Waals surface area contributed by atoms with E-state index in [2.05, 4.69) is 10.6 Å². The Morgan fingerprint density at radius 2 is 1.85 bits per heavy atom. The number of nitro groups is 1. The van der Waals surface area contributed by atoms with Crippen LogP contribution in [0.5, 0.6) is 0 Å². The van der Waals surface area contributed by atoms with Gasteiger partial charge in [-0.25, -0.2) is 0 Å². The van der Waals surface area contributed by atoms with E-state index in [1.54, 1.807) is 0 Å². The van der Waals surface area contributed by atoms with Crippen molar-refractivity contribution in [3.8, 4) is 0 Å².